The molecular formula is C24H30O5. The number of phenolic OH excluding ortho intramolecular Hbond substituents is 1. The first-order valence-electron chi connectivity index (χ1n) is 10.1. The molecular weight excluding hydrogens is 368 g/mol. The molecule has 0 spiro atoms. The van der Waals surface area contributed by atoms with Crippen molar-refractivity contribution in [2.24, 2.45) is 0 Å². The number of hydrogen-bond donors (Lipinski definition) is 2. The zero-order valence-corrected chi connectivity index (χ0v) is 17.6. The van der Waals surface area contributed by atoms with Crippen LogP contribution in [0, 0.1) is 0 Å². The Bertz CT molecular complexity index is 1010. The third-order valence-corrected chi connectivity index (χ3v) is 5.60. The fraction of sp³-hybridized carbons (Fsp3) is 0.458. The number of fused-ring (bicyclic) bond motifs is 3. The van der Waals surface area contributed by atoms with Crippen LogP contribution in [0.1, 0.15) is 58.9 Å². The van der Waals surface area contributed by atoms with Gasteiger partial charge in [-0.3, -0.25) is 0 Å². The van der Waals surface area contributed by atoms with E-state index >= 15 is 0 Å². The minimum absolute atomic E-state index is 0.0212. The van der Waals surface area contributed by atoms with E-state index in [1.54, 1.807) is 6.07 Å². The molecule has 0 radical (unpaired) electrons. The molecule has 0 fully saturated rings. The number of ether oxygens (including phenoxy) is 1. The van der Waals surface area contributed by atoms with Crippen LogP contribution in [-0.4, -0.2) is 21.9 Å². The van der Waals surface area contributed by atoms with Gasteiger partial charge in [0.15, 0.2) is 0 Å². The number of rotatable bonds is 6. The van der Waals surface area contributed by atoms with Crippen molar-refractivity contribution in [3.05, 3.63) is 57.5 Å². The second-order valence-electron chi connectivity index (χ2n) is 8.42. The van der Waals surface area contributed by atoms with E-state index in [1.807, 2.05) is 6.92 Å². The normalized spacial score (nSPS) is 21.6. The number of hydrogen-bond acceptors (Lipinski definition) is 5. The Hall–Kier alpha value is -2.53. The number of allylic oxidation sites excluding steroid dienone is 4. The maximum atomic E-state index is 12.3. The van der Waals surface area contributed by atoms with Crippen molar-refractivity contribution < 1.29 is 19.4 Å². The average molecular weight is 398 g/mol. The highest BCUT2D eigenvalue weighted by molar-refractivity contribution is 5.85. The highest BCUT2D eigenvalue weighted by atomic mass is 16.5. The van der Waals surface area contributed by atoms with Gasteiger partial charge in [0.05, 0.1) is 17.1 Å². The molecule has 5 heteroatoms. The maximum Gasteiger partial charge on any atom is 0.343 e. The fourth-order valence-corrected chi connectivity index (χ4v) is 3.72. The summed E-state index contributed by atoms with van der Waals surface area (Å²) in [5.74, 6) is 0.473. The van der Waals surface area contributed by atoms with Gasteiger partial charge in [0.25, 0.3) is 0 Å². The van der Waals surface area contributed by atoms with Crippen LogP contribution >= 0.6 is 0 Å². The molecule has 1 aliphatic heterocycles. The molecule has 0 saturated carbocycles. The second-order valence-corrected chi connectivity index (χ2v) is 8.42. The Balaban J connectivity index is 1.80. The number of benzene rings is 1. The molecule has 1 aliphatic rings. The van der Waals surface area contributed by atoms with E-state index in [9.17, 15) is 15.0 Å². The van der Waals surface area contributed by atoms with Crippen molar-refractivity contribution in [2.45, 2.75) is 71.5 Å². The highest BCUT2D eigenvalue weighted by Gasteiger charge is 2.41. The van der Waals surface area contributed by atoms with Gasteiger partial charge >= 0.3 is 5.63 Å². The van der Waals surface area contributed by atoms with Gasteiger partial charge in [0.2, 0.25) is 0 Å². The topological polar surface area (TPSA) is 79.9 Å². The molecule has 5 nitrogen and oxygen atoms in total. The molecule has 1 aromatic carbocycles. The van der Waals surface area contributed by atoms with Gasteiger partial charge in [-0.15, -0.1) is 0 Å². The summed E-state index contributed by atoms with van der Waals surface area (Å²) in [5.41, 5.74) is 1.94. The van der Waals surface area contributed by atoms with Crippen molar-refractivity contribution in [1.29, 1.82) is 0 Å². The number of aliphatic hydroxyl groups excluding tert-OH is 1. The Morgan fingerprint density at radius 3 is 2.72 bits per heavy atom. The minimum Gasteiger partial charge on any atom is -0.508 e. The zero-order valence-electron chi connectivity index (χ0n) is 17.6. The van der Waals surface area contributed by atoms with E-state index in [-0.39, 0.29) is 17.8 Å². The lowest BCUT2D eigenvalue weighted by Crippen LogP contribution is -2.50. The Morgan fingerprint density at radius 2 is 2.00 bits per heavy atom. The fourth-order valence-electron chi connectivity index (χ4n) is 3.72. The Morgan fingerprint density at radius 1 is 1.24 bits per heavy atom. The molecule has 1 aromatic heterocycles. The van der Waals surface area contributed by atoms with E-state index in [2.05, 4.69) is 32.9 Å². The standard InChI is InChI=1S/C24H30O5/c1-15(2)7-5-8-16(3)9-6-12-24(4)21(26)14-19-22(29-24)18-11-10-17(25)13-20(18)28-23(19)27/h7,9-11,13,21,25-26H,5-6,8,12,14H2,1-4H3/t21-,24+/m0/s1. The van der Waals surface area contributed by atoms with E-state index in [1.165, 1.54) is 23.3 Å². The molecule has 2 aromatic rings. The third-order valence-electron chi connectivity index (χ3n) is 5.60. The Labute approximate surface area is 171 Å². The summed E-state index contributed by atoms with van der Waals surface area (Å²) in [6, 6.07) is 4.62. The van der Waals surface area contributed by atoms with Crippen molar-refractivity contribution in [3.8, 4) is 11.5 Å². The van der Waals surface area contributed by atoms with Gasteiger partial charge in [0.1, 0.15) is 22.7 Å². The number of aromatic hydroxyl groups is 1. The van der Waals surface area contributed by atoms with Gasteiger partial charge in [-0.25, -0.2) is 4.79 Å². The molecule has 2 atom stereocenters. The van der Waals surface area contributed by atoms with Crippen molar-refractivity contribution in [3.63, 3.8) is 0 Å². The van der Waals surface area contributed by atoms with Gasteiger partial charge < -0.3 is 19.4 Å². The predicted molar refractivity (Wildman–Crippen MR) is 115 cm³/mol. The van der Waals surface area contributed by atoms with Crippen molar-refractivity contribution in [2.75, 3.05) is 0 Å². The van der Waals surface area contributed by atoms with Crippen LogP contribution in [0.4, 0.5) is 0 Å². The molecule has 2 N–H and O–H groups in total. The molecule has 3 rings (SSSR count). The van der Waals surface area contributed by atoms with Gasteiger partial charge in [0, 0.05) is 12.5 Å². The van der Waals surface area contributed by atoms with Crippen LogP contribution in [0.3, 0.4) is 0 Å². The molecule has 2 heterocycles. The summed E-state index contributed by atoms with van der Waals surface area (Å²) in [6.07, 6.45) is 7.29. The van der Waals surface area contributed by atoms with Crippen LogP contribution in [-0.2, 0) is 6.42 Å². The summed E-state index contributed by atoms with van der Waals surface area (Å²) in [7, 11) is 0. The van der Waals surface area contributed by atoms with Crippen LogP contribution in [0.2, 0.25) is 0 Å². The van der Waals surface area contributed by atoms with Crippen LogP contribution in [0.15, 0.2) is 50.7 Å². The minimum atomic E-state index is -0.803. The Kier molecular flexibility index (Phi) is 6.18. The van der Waals surface area contributed by atoms with E-state index < -0.39 is 17.3 Å². The first-order valence-corrected chi connectivity index (χ1v) is 10.1. The first-order chi connectivity index (χ1) is 13.7. The van der Waals surface area contributed by atoms with Crippen molar-refractivity contribution >= 4 is 11.0 Å². The van der Waals surface area contributed by atoms with E-state index in [0.717, 1.165) is 19.3 Å². The molecule has 156 valence electrons. The van der Waals surface area contributed by atoms with E-state index in [4.69, 9.17) is 9.15 Å². The summed E-state index contributed by atoms with van der Waals surface area (Å²) in [4.78, 5) is 12.3. The second kappa shape index (κ2) is 8.46. The molecule has 0 unspecified atom stereocenters. The van der Waals surface area contributed by atoms with Crippen LogP contribution in [0.5, 0.6) is 11.5 Å². The molecule has 0 aliphatic carbocycles. The lowest BCUT2D eigenvalue weighted by atomic mass is 9.85. The number of phenols is 1. The lowest BCUT2D eigenvalue weighted by molar-refractivity contribution is -0.0586. The number of aliphatic hydroxyl groups is 1. The summed E-state index contributed by atoms with van der Waals surface area (Å²) in [5, 5.41) is 21.0. The van der Waals surface area contributed by atoms with Crippen LogP contribution in [0.25, 0.3) is 11.0 Å². The zero-order chi connectivity index (χ0) is 21.2. The first kappa shape index (κ1) is 21.2. The summed E-state index contributed by atoms with van der Waals surface area (Å²) >= 11 is 0. The largest absolute Gasteiger partial charge is 0.508 e. The van der Waals surface area contributed by atoms with Gasteiger partial charge in [-0.05, 0) is 65.5 Å². The third kappa shape index (κ3) is 4.73. The lowest BCUT2D eigenvalue weighted by Gasteiger charge is -2.39. The average Bonchev–Trinajstić information content (AvgIpc) is 2.63. The van der Waals surface area contributed by atoms with Gasteiger partial charge in [-0.2, -0.15) is 0 Å². The van der Waals surface area contributed by atoms with Gasteiger partial charge in [-0.1, -0.05) is 23.3 Å². The van der Waals surface area contributed by atoms with E-state index in [0.29, 0.717) is 23.1 Å². The monoisotopic (exact) mass is 398 g/mol. The summed E-state index contributed by atoms with van der Waals surface area (Å²) in [6.45, 7) is 8.21. The van der Waals surface area contributed by atoms with Crippen LogP contribution < -0.4 is 10.4 Å². The molecule has 29 heavy (non-hydrogen) atoms. The molecule has 0 saturated heterocycles. The molecule has 0 bridgehead atoms. The quantitative estimate of drug-likeness (QED) is 0.527. The summed E-state index contributed by atoms with van der Waals surface area (Å²) < 4.78 is 11.5. The maximum absolute atomic E-state index is 12.3. The van der Waals surface area contributed by atoms with Crippen molar-refractivity contribution in [1.82, 2.24) is 0 Å². The predicted octanol–water partition coefficient (Wildman–Crippen LogP) is 5.03. The SMILES string of the molecule is CC(C)=CCCC(C)=CCC[C@@]1(C)Oc2c(c(=O)oc3cc(O)ccc23)C[C@@H]1O. The molecule has 0 amide bonds. The smallest absolute Gasteiger partial charge is 0.343 e. The highest BCUT2D eigenvalue weighted by Crippen LogP contribution is 2.40.